The average molecular weight is 488 g/mol. The van der Waals surface area contributed by atoms with Crippen LogP contribution in [-0.4, -0.2) is 40.3 Å². The highest BCUT2D eigenvalue weighted by Crippen LogP contribution is 2.23. The third-order valence-electron chi connectivity index (χ3n) is 5.98. The monoisotopic (exact) mass is 487 g/mol. The van der Waals surface area contributed by atoms with Crippen molar-refractivity contribution in [2.45, 2.75) is 19.9 Å². The van der Waals surface area contributed by atoms with Crippen LogP contribution in [0.4, 0.5) is 11.5 Å². The molecule has 9 heteroatoms. The van der Waals surface area contributed by atoms with Crippen LogP contribution in [0, 0.1) is 6.92 Å². The van der Waals surface area contributed by atoms with E-state index < -0.39 is 17.2 Å². The minimum absolute atomic E-state index is 0.0604. The number of carbonyl (C=O) groups excluding carboxylic acids is 1. The van der Waals surface area contributed by atoms with E-state index in [4.69, 9.17) is 10.5 Å². The molecule has 4 aromatic rings. The lowest BCUT2D eigenvalue weighted by Crippen LogP contribution is -2.42. The zero-order valence-corrected chi connectivity index (χ0v) is 20.3. The van der Waals surface area contributed by atoms with Crippen LogP contribution in [0.25, 0.3) is 5.69 Å². The maximum atomic E-state index is 13.8. The predicted octanol–water partition coefficient (Wildman–Crippen LogP) is 2.95. The molecule has 0 aliphatic rings. The molecule has 186 valence electrons. The van der Waals surface area contributed by atoms with Crippen LogP contribution in [0.2, 0.25) is 0 Å². The van der Waals surface area contributed by atoms with Crippen molar-refractivity contribution in [1.82, 2.24) is 14.1 Å². The number of anilines is 2. The summed E-state index contributed by atoms with van der Waals surface area (Å²) in [6.45, 7) is 2.67. The second-order valence-corrected chi connectivity index (χ2v) is 8.46. The first-order valence-corrected chi connectivity index (χ1v) is 11.6. The number of rotatable bonds is 9. The Labute approximate surface area is 208 Å². The van der Waals surface area contributed by atoms with Crippen molar-refractivity contribution in [2.24, 2.45) is 0 Å². The molecule has 2 aromatic carbocycles. The highest BCUT2D eigenvalue weighted by atomic mass is 16.5. The van der Waals surface area contributed by atoms with Gasteiger partial charge in [0, 0.05) is 43.9 Å². The number of amides is 1. The van der Waals surface area contributed by atoms with Gasteiger partial charge >= 0.3 is 5.69 Å². The second-order valence-electron chi connectivity index (χ2n) is 8.46. The van der Waals surface area contributed by atoms with Gasteiger partial charge in [-0.25, -0.2) is 4.79 Å². The fraction of sp³-hybridized carbons (Fsp3) is 0.222. The number of hydrogen-bond donors (Lipinski definition) is 2. The summed E-state index contributed by atoms with van der Waals surface area (Å²) >= 11 is 0. The Hall–Kier alpha value is -4.37. The summed E-state index contributed by atoms with van der Waals surface area (Å²) in [6.07, 6.45) is 4.26. The topological polar surface area (TPSA) is 115 Å². The minimum atomic E-state index is -0.717. The Morgan fingerprint density at radius 1 is 1.06 bits per heavy atom. The average Bonchev–Trinajstić information content (AvgIpc) is 3.41. The van der Waals surface area contributed by atoms with E-state index in [1.54, 1.807) is 19.2 Å². The second kappa shape index (κ2) is 10.9. The molecule has 0 bridgehead atoms. The number of aromatic amines is 1. The lowest BCUT2D eigenvalue weighted by Gasteiger charge is -2.25. The maximum Gasteiger partial charge on any atom is 0.330 e. The molecule has 3 N–H and O–H groups in total. The van der Waals surface area contributed by atoms with Crippen LogP contribution in [0.1, 0.15) is 27.9 Å². The summed E-state index contributed by atoms with van der Waals surface area (Å²) in [6, 6.07) is 18.5. The number of H-pyrrole nitrogens is 1. The van der Waals surface area contributed by atoms with Crippen molar-refractivity contribution in [1.29, 1.82) is 0 Å². The molecular formula is C27H29N5O4. The van der Waals surface area contributed by atoms with Crippen molar-refractivity contribution in [3.8, 4) is 5.69 Å². The fourth-order valence-electron chi connectivity index (χ4n) is 4.11. The Kier molecular flexibility index (Phi) is 7.50. The zero-order chi connectivity index (χ0) is 25.7. The van der Waals surface area contributed by atoms with Crippen LogP contribution in [0.5, 0.6) is 0 Å². The molecule has 4 rings (SSSR count). The number of ether oxygens (including phenoxy) is 1. The molecule has 9 nitrogen and oxygen atoms in total. The number of benzene rings is 2. The lowest BCUT2D eigenvalue weighted by molar-refractivity contribution is 0.0983. The summed E-state index contributed by atoms with van der Waals surface area (Å²) in [4.78, 5) is 43.1. The van der Waals surface area contributed by atoms with Crippen LogP contribution >= 0.6 is 0 Å². The SMILES string of the molecule is COCCCN(C(=O)c1ccc(C)c(-n2cccc2)c1)c1c(N)n(Cc2ccccc2)c(=O)[nH]c1=O. The summed E-state index contributed by atoms with van der Waals surface area (Å²) in [7, 11) is 1.57. The van der Waals surface area contributed by atoms with Gasteiger partial charge in [0.2, 0.25) is 0 Å². The summed E-state index contributed by atoms with van der Waals surface area (Å²) in [5, 5.41) is 0. The van der Waals surface area contributed by atoms with Gasteiger partial charge < -0.3 is 19.9 Å². The molecule has 0 unspecified atom stereocenters. The number of aromatic nitrogens is 3. The number of nitrogen functional groups attached to an aromatic ring is 1. The Bertz CT molecular complexity index is 1460. The molecule has 36 heavy (non-hydrogen) atoms. The predicted molar refractivity (Wildman–Crippen MR) is 140 cm³/mol. The molecule has 2 aromatic heterocycles. The molecule has 0 radical (unpaired) electrons. The van der Waals surface area contributed by atoms with E-state index in [2.05, 4.69) is 4.98 Å². The normalized spacial score (nSPS) is 10.9. The van der Waals surface area contributed by atoms with E-state index in [0.717, 1.165) is 16.8 Å². The summed E-state index contributed by atoms with van der Waals surface area (Å²) in [5.74, 6) is -0.474. The maximum absolute atomic E-state index is 13.8. The van der Waals surface area contributed by atoms with Crippen LogP contribution in [0.3, 0.4) is 0 Å². The van der Waals surface area contributed by atoms with E-state index in [1.165, 1.54) is 9.47 Å². The van der Waals surface area contributed by atoms with Crippen LogP contribution in [0.15, 0.2) is 82.6 Å². The van der Waals surface area contributed by atoms with Gasteiger partial charge in [-0.05, 0) is 48.7 Å². The molecule has 0 aliphatic carbocycles. The van der Waals surface area contributed by atoms with Gasteiger partial charge in [0.1, 0.15) is 5.82 Å². The van der Waals surface area contributed by atoms with Crippen molar-refractivity contribution in [3.63, 3.8) is 0 Å². The first kappa shape index (κ1) is 24.7. The largest absolute Gasteiger partial charge is 0.385 e. The van der Waals surface area contributed by atoms with E-state index in [9.17, 15) is 14.4 Å². The van der Waals surface area contributed by atoms with Crippen molar-refractivity contribution in [3.05, 3.63) is 111 Å². The quantitative estimate of drug-likeness (QED) is 0.352. The first-order valence-electron chi connectivity index (χ1n) is 11.6. The Morgan fingerprint density at radius 3 is 2.47 bits per heavy atom. The standard InChI is InChI=1S/C27H29N5O4/c1-19-11-12-21(17-22(19)30-13-6-7-14-30)26(34)31(15-8-16-36-2)23-24(28)32(27(35)29-25(23)33)18-20-9-4-3-5-10-20/h3-7,9-14,17H,8,15-16,18,28H2,1-2H3,(H,29,33,35). The smallest absolute Gasteiger partial charge is 0.330 e. The number of nitrogens with one attached hydrogen (secondary N) is 1. The molecule has 0 fully saturated rings. The molecule has 1 amide bonds. The van der Waals surface area contributed by atoms with Crippen molar-refractivity contribution >= 4 is 17.4 Å². The highest BCUT2D eigenvalue weighted by molar-refractivity contribution is 6.07. The molecule has 0 atom stereocenters. The molecule has 0 saturated heterocycles. The van der Waals surface area contributed by atoms with E-state index in [0.29, 0.717) is 18.6 Å². The molecule has 0 saturated carbocycles. The van der Waals surface area contributed by atoms with Gasteiger partial charge in [-0.15, -0.1) is 0 Å². The van der Waals surface area contributed by atoms with Crippen molar-refractivity contribution in [2.75, 3.05) is 30.9 Å². The molecule has 2 heterocycles. The van der Waals surface area contributed by atoms with Gasteiger partial charge in [-0.3, -0.25) is 19.1 Å². The lowest BCUT2D eigenvalue weighted by atomic mass is 10.1. The number of nitrogens with two attached hydrogens (primary N) is 1. The first-order chi connectivity index (χ1) is 17.4. The third kappa shape index (κ3) is 5.16. The summed E-state index contributed by atoms with van der Waals surface area (Å²) < 4.78 is 8.35. The molecule has 0 aliphatic heterocycles. The zero-order valence-electron chi connectivity index (χ0n) is 20.3. The highest BCUT2D eigenvalue weighted by Gasteiger charge is 2.25. The number of methoxy groups -OCH3 is 1. The van der Waals surface area contributed by atoms with Gasteiger partial charge in [-0.1, -0.05) is 36.4 Å². The number of nitrogens with zero attached hydrogens (tertiary/aromatic N) is 3. The van der Waals surface area contributed by atoms with Gasteiger partial charge in [0.05, 0.1) is 6.54 Å². The van der Waals surface area contributed by atoms with Crippen molar-refractivity contribution < 1.29 is 9.53 Å². The van der Waals surface area contributed by atoms with Gasteiger partial charge in [0.25, 0.3) is 11.5 Å². The number of carbonyl (C=O) groups is 1. The number of hydrogen-bond acceptors (Lipinski definition) is 5. The minimum Gasteiger partial charge on any atom is -0.385 e. The molecule has 0 spiro atoms. The van der Waals surface area contributed by atoms with E-state index >= 15 is 0 Å². The van der Waals surface area contributed by atoms with Crippen LogP contribution < -0.4 is 21.9 Å². The summed E-state index contributed by atoms with van der Waals surface area (Å²) in [5.41, 5.74) is 8.04. The van der Waals surface area contributed by atoms with E-state index in [-0.39, 0.29) is 24.6 Å². The molecular weight excluding hydrogens is 458 g/mol. The Morgan fingerprint density at radius 2 is 1.78 bits per heavy atom. The number of aryl methyl sites for hydroxylation is 1. The Balaban J connectivity index is 1.79. The van der Waals surface area contributed by atoms with Gasteiger partial charge in [0.15, 0.2) is 5.69 Å². The van der Waals surface area contributed by atoms with Crippen LogP contribution in [-0.2, 0) is 11.3 Å². The van der Waals surface area contributed by atoms with Gasteiger partial charge in [-0.2, -0.15) is 0 Å². The van der Waals surface area contributed by atoms with E-state index in [1.807, 2.05) is 72.4 Å². The fourth-order valence-corrected chi connectivity index (χ4v) is 4.11. The third-order valence-corrected chi connectivity index (χ3v) is 5.98.